The Balaban J connectivity index is 2.20. The highest BCUT2D eigenvalue weighted by Gasteiger charge is 2.30. The summed E-state index contributed by atoms with van der Waals surface area (Å²) in [6, 6.07) is 4.85. The fourth-order valence-electron chi connectivity index (χ4n) is 1.60. The maximum absolute atomic E-state index is 12.6. The summed E-state index contributed by atoms with van der Waals surface area (Å²) in [5, 5.41) is 8.69. The van der Waals surface area contributed by atoms with Gasteiger partial charge >= 0.3 is 12.1 Å². The molecule has 2 rings (SSSR count). The first-order chi connectivity index (χ1) is 9.36. The number of benzene rings is 1. The van der Waals surface area contributed by atoms with Crippen LogP contribution >= 0.6 is 0 Å². The van der Waals surface area contributed by atoms with Gasteiger partial charge in [0.1, 0.15) is 5.82 Å². The Hall–Kier alpha value is -2.44. The standard InChI is InChI=1S/C13H9F3N2O2/c14-13(15,16)10-3-1-2-8(4-10)5-11-17-6-9(7-18-11)12(19)20/h1-4,6-7H,5H2,(H,19,20). The number of halogens is 3. The minimum absolute atomic E-state index is 0.0715. The summed E-state index contributed by atoms with van der Waals surface area (Å²) in [5.74, 6) is -0.898. The summed E-state index contributed by atoms with van der Waals surface area (Å²) in [7, 11) is 0. The molecular weight excluding hydrogens is 273 g/mol. The highest BCUT2D eigenvalue weighted by Crippen LogP contribution is 2.29. The lowest BCUT2D eigenvalue weighted by Gasteiger charge is -2.08. The number of rotatable bonds is 3. The molecule has 4 nitrogen and oxygen atoms in total. The third kappa shape index (κ3) is 3.31. The molecule has 0 saturated heterocycles. The van der Waals surface area contributed by atoms with Crippen LogP contribution in [-0.4, -0.2) is 21.0 Å². The van der Waals surface area contributed by atoms with E-state index in [1.54, 1.807) is 0 Å². The zero-order valence-electron chi connectivity index (χ0n) is 10.1. The van der Waals surface area contributed by atoms with Crippen LogP contribution in [0.25, 0.3) is 0 Å². The lowest BCUT2D eigenvalue weighted by atomic mass is 10.1. The zero-order valence-corrected chi connectivity index (χ0v) is 10.1. The molecule has 0 aliphatic carbocycles. The van der Waals surface area contributed by atoms with Crippen LogP contribution < -0.4 is 0 Å². The van der Waals surface area contributed by atoms with E-state index in [4.69, 9.17) is 5.11 Å². The molecule has 1 aromatic carbocycles. The van der Waals surface area contributed by atoms with Crippen LogP contribution in [0.2, 0.25) is 0 Å². The van der Waals surface area contributed by atoms with Crippen LogP contribution in [-0.2, 0) is 12.6 Å². The van der Waals surface area contributed by atoms with E-state index in [0.717, 1.165) is 24.5 Å². The van der Waals surface area contributed by atoms with E-state index in [-0.39, 0.29) is 17.8 Å². The van der Waals surface area contributed by atoms with Gasteiger partial charge in [-0.2, -0.15) is 13.2 Å². The number of hydrogen-bond donors (Lipinski definition) is 1. The summed E-state index contributed by atoms with van der Waals surface area (Å²) in [5.41, 5.74) is -0.405. The maximum Gasteiger partial charge on any atom is 0.416 e. The summed E-state index contributed by atoms with van der Waals surface area (Å²) >= 11 is 0. The van der Waals surface area contributed by atoms with Crippen molar-refractivity contribution in [3.05, 3.63) is 59.2 Å². The molecule has 1 aromatic heterocycles. The van der Waals surface area contributed by atoms with Gasteiger partial charge in [0.05, 0.1) is 11.1 Å². The van der Waals surface area contributed by atoms with Gasteiger partial charge in [-0.25, -0.2) is 14.8 Å². The zero-order chi connectivity index (χ0) is 14.8. The van der Waals surface area contributed by atoms with Crippen molar-refractivity contribution in [3.8, 4) is 0 Å². The van der Waals surface area contributed by atoms with Gasteiger partial charge in [0, 0.05) is 18.8 Å². The number of alkyl halides is 3. The first kappa shape index (κ1) is 14.0. The third-order valence-corrected chi connectivity index (χ3v) is 2.57. The van der Waals surface area contributed by atoms with E-state index in [2.05, 4.69) is 9.97 Å². The van der Waals surface area contributed by atoms with Gasteiger partial charge in [-0.3, -0.25) is 0 Å². The molecule has 1 N–H and O–H groups in total. The van der Waals surface area contributed by atoms with Gasteiger partial charge in [-0.05, 0) is 11.6 Å². The molecule has 2 aromatic rings. The van der Waals surface area contributed by atoms with Crippen LogP contribution in [0.1, 0.15) is 27.3 Å². The average molecular weight is 282 g/mol. The Kier molecular flexibility index (Phi) is 3.69. The summed E-state index contributed by atoms with van der Waals surface area (Å²) in [6.07, 6.45) is -2.05. The quantitative estimate of drug-likeness (QED) is 0.940. The number of aromatic carboxylic acids is 1. The Labute approximate surface area is 111 Å². The number of aromatic nitrogens is 2. The predicted octanol–water partition coefficient (Wildman–Crippen LogP) is 2.78. The number of carboxylic acid groups (broad SMARTS) is 1. The average Bonchev–Trinajstić information content (AvgIpc) is 2.38. The van der Waals surface area contributed by atoms with Gasteiger partial charge in [0.15, 0.2) is 0 Å². The maximum atomic E-state index is 12.6. The Morgan fingerprint density at radius 1 is 1.20 bits per heavy atom. The first-order valence-corrected chi connectivity index (χ1v) is 5.56. The number of carboxylic acids is 1. The highest BCUT2D eigenvalue weighted by molar-refractivity contribution is 5.86. The fourth-order valence-corrected chi connectivity index (χ4v) is 1.60. The van der Waals surface area contributed by atoms with Crippen molar-refractivity contribution in [1.29, 1.82) is 0 Å². The summed E-state index contributed by atoms with van der Waals surface area (Å²) < 4.78 is 37.7. The van der Waals surface area contributed by atoms with Crippen molar-refractivity contribution in [1.82, 2.24) is 9.97 Å². The number of nitrogens with zero attached hydrogens (tertiary/aromatic N) is 2. The van der Waals surface area contributed by atoms with Crippen molar-refractivity contribution in [2.45, 2.75) is 12.6 Å². The van der Waals surface area contributed by atoms with Gasteiger partial charge in [-0.15, -0.1) is 0 Å². The molecule has 1 heterocycles. The Morgan fingerprint density at radius 2 is 1.85 bits per heavy atom. The lowest BCUT2D eigenvalue weighted by molar-refractivity contribution is -0.137. The molecule has 0 unspecified atom stereocenters. The molecule has 0 bridgehead atoms. The molecule has 0 aliphatic rings. The molecule has 0 atom stereocenters. The van der Waals surface area contributed by atoms with Gasteiger partial charge in [-0.1, -0.05) is 18.2 Å². The lowest BCUT2D eigenvalue weighted by Crippen LogP contribution is -2.06. The normalized spacial score (nSPS) is 11.3. The predicted molar refractivity (Wildman–Crippen MR) is 63.2 cm³/mol. The molecule has 0 saturated carbocycles. The fraction of sp³-hybridized carbons (Fsp3) is 0.154. The highest BCUT2D eigenvalue weighted by atomic mass is 19.4. The Morgan fingerprint density at radius 3 is 2.40 bits per heavy atom. The van der Waals surface area contributed by atoms with Crippen LogP contribution in [0.4, 0.5) is 13.2 Å². The van der Waals surface area contributed by atoms with Crippen molar-refractivity contribution in [2.24, 2.45) is 0 Å². The summed E-state index contributed by atoms with van der Waals surface area (Å²) in [4.78, 5) is 18.2. The van der Waals surface area contributed by atoms with Crippen LogP contribution in [0.15, 0.2) is 36.7 Å². The van der Waals surface area contributed by atoms with Gasteiger partial charge in [0.2, 0.25) is 0 Å². The number of carbonyl (C=O) groups is 1. The second kappa shape index (κ2) is 5.28. The second-order valence-electron chi connectivity index (χ2n) is 4.07. The van der Waals surface area contributed by atoms with E-state index >= 15 is 0 Å². The van der Waals surface area contributed by atoms with E-state index in [9.17, 15) is 18.0 Å². The number of hydrogen-bond acceptors (Lipinski definition) is 3. The molecule has 7 heteroatoms. The topological polar surface area (TPSA) is 63.1 Å². The van der Waals surface area contributed by atoms with Crippen LogP contribution in [0.5, 0.6) is 0 Å². The van der Waals surface area contributed by atoms with E-state index in [1.165, 1.54) is 12.1 Å². The monoisotopic (exact) mass is 282 g/mol. The van der Waals surface area contributed by atoms with Gasteiger partial charge < -0.3 is 5.11 Å². The SMILES string of the molecule is O=C(O)c1cnc(Cc2cccc(C(F)(F)F)c2)nc1. The molecule has 0 amide bonds. The van der Waals surface area contributed by atoms with Crippen LogP contribution in [0, 0.1) is 0 Å². The van der Waals surface area contributed by atoms with Crippen molar-refractivity contribution >= 4 is 5.97 Å². The largest absolute Gasteiger partial charge is 0.478 e. The van der Waals surface area contributed by atoms with E-state index in [1.807, 2.05) is 0 Å². The molecule has 0 fully saturated rings. The summed E-state index contributed by atoms with van der Waals surface area (Å²) in [6.45, 7) is 0. The Bertz CT molecular complexity index is 624. The molecule has 0 radical (unpaired) electrons. The molecule has 0 spiro atoms. The smallest absolute Gasteiger partial charge is 0.416 e. The third-order valence-electron chi connectivity index (χ3n) is 2.57. The minimum Gasteiger partial charge on any atom is -0.478 e. The van der Waals surface area contributed by atoms with Gasteiger partial charge in [0.25, 0.3) is 0 Å². The van der Waals surface area contributed by atoms with E-state index in [0.29, 0.717) is 5.56 Å². The molecule has 20 heavy (non-hydrogen) atoms. The van der Waals surface area contributed by atoms with Crippen molar-refractivity contribution in [3.63, 3.8) is 0 Å². The molecule has 0 aliphatic heterocycles. The van der Waals surface area contributed by atoms with E-state index < -0.39 is 17.7 Å². The minimum atomic E-state index is -4.40. The molecular formula is C13H9F3N2O2. The van der Waals surface area contributed by atoms with Crippen molar-refractivity contribution in [2.75, 3.05) is 0 Å². The first-order valence-electron chi connectivity index (χ1n) is 5.56. The second-order valence-corrected chi connectivity index (χ2v) is 4.07. The molecule has 104 valence electrons. The van der Waals surface area contributed by atoms with Crippen molar-refractivity contribution < 1.29 is 23.1 Å². The van der Waals surface area contributed by atoms with Crippen LogP contribution in [0.3, 0.4) is 0 Å².